The summed E-state index contributed by atoms with van der Waals surface area (Å²) in [4.78, 5) is 2.07. The summed E-state index contributed by atoms with van der Waals surface area (Å²) < 4.78 is 13.7. The molecule has 106 valence electrons. The Morgan fingerprint density at radius 1 is 1.00 bits per heavy atom. The molecule has 0 bridgehead atoms. The van der Waals surface area contributed by atoms with Gasteiger partial charge in [-0.15, -0.1) is 0 Å². The zero-order valence-electron chi connectivity index (χ0n) is 11.8. The maximum Gasteiger partial charge on any atom is 0.146 e. The van der Waals surface area contributed by atoms with Crippen molar-refractivity contribution in [3.05, 3.63) is 60.4 Å². The van der Waals surface area contributed by atoms with Gasteiger partial charge in [-0.05, 0) is 37.6 Å². The van der Waals surface area contributed by atoms with Gasteiger partial charge in [0.05, 0.1) is 5.69 Å². The van der Waals surface area contributed by atoms with Gasteiger partial charge in [-0.1, -0.05) is 30.3 Å². The maximum absolute atomic E-state index is 13.7. The molecule has 0 aromatic heterocycles. The number of nitrogens with one attached hydrogen (secondary N) is 1. The summed E-state index contributed by atoms with van der Waals surface area (Å²) in [7, 11) is 0. The van der Waals surface area contributed by atoms with E-state index in [9.17, 15) is 4.39 Å². The molecule has 2 aromatic rings. The van der Waals surface area contributed by atoms with Crippen LogP contribution in [-0.4, -0.2) is 19.6 Å². The van der Waals surface area contributed by atoms with E-state index in [1.807, 2.05) is 30.3 Å². The SMILES string of the molecule is CCN(CCCNc1ccccc1)c1ccccc1F. The van der Waals surface area contributed by atoms with Crippen molar-refractivity contribution in [2.45, 2.75) is 13.3 Å². The number of nitrogens with zero attached hydrogens (tertiary/aromatic N) is 1. The minimum atomic E-state index is -0.148. The van der Waals surface area contributed by atoms with Crippen LogP contribution in [-0.2, 0) is 0 Å². The van der Waals surface area contributed by atoms with Crippen LogP contribution in [0.15, 0.2) is 54.6 Å². The van der Waals surface area contributed by atoms with Crippen molar-refractivity contribution in [3.63, 3.8) is 0 Å². The molecule has 0 fully saturated rings. The zero-order valence-corrected chi connectivity index (χ0v) is 11.8. The normalized spacial score (nSPS) is 10.3. The summed E-state index contributed by atoms with van der Waals surface area (Å²) in [5, 5.41) is 3.37. The van der Waals surface area contributed by atoms with Gasteiger partial charge in [0.2, 0.25) is 0 Å². The number of rotatable bonds is 7. The van der Waals surface area contributed by atoms with Gasteiger partial charge in [-0.3, -0.25) is 0 Å². The Morgan fingerprint density at radius 3 is 2.40 bits per heavy atom. The third-order valence-corrected chi connectivity index (χ3v) is 3.28. The molecule has 2 aromatic carbocycles. The minimum absolute atomic E-state index is 0.148. The van der Waals surface area contributed by atoms with E-state index in [-0.39, 0.29) is 5.82 Å². The molecule has 0 radical (unpaired) electrons. The largest absolute Gasteiger partial charge is 0.385 e. The number of halogens is 1. The first-order valence-electron chi connectivity index (χ1n) is 7.09. The van der Waals surface area contributed by atoms with Gasteiger partial charge in [-0.2, -0.15) is 0 Å². The highest BCUT2D eigenvalue weighted by Crippen LogP contribution is 2.18. The number of hydrogen-bond acceptors (Lipinski definition) is 2. The van der Waals surface area contributed by atoms with E-state index >= 15 is 0 Å². The van der Waals surface area contributed by atoms with E-state index in [0.29, 0.717) is 5.69 Å². The quantitative estimate of drug-likeness (QED) is 0.762. The van der Waals surface area contributed by atoms with Gasteiger partial charge < -0.3 is 10.2 Å². The molecule has 0 saturated heterocycles. The fourth-order valence-corrected chi connectivity index (χ4v) is 2.22. The number of benzene rings is 2. The van der Waals surface area contributed by atoms with E-state index in [1.54, 1.807) is 6.07 Å². The monoisotopic (exact) mass is 272 g/mol. The highest BCUT2D eigenvalue weighted by molar-refractivity contribution is 5.47. The Bertz CT molecular complexity index is 513. The van der Waals surface area contributed by atoms with Crippen molar-refractivity contribution >= 4 is 11.4 Å². The lowest BCUT2D eigenvalue weighted by molar-refractivity contribution is 0.616. The first-order valence-corrected chi connectivity index (χ1v) is 7.09. The molecule has 0 heterocycles. The van der Waals surface area contributed by atoms with Crippen LogP contribution < -0.4 is 10.2 Å². The smallest absolute Gasteiger partial charge is 0.146 e. The summed E-state index contributed by atoms with van der Waals surface area (Å²) in [6.45, 7) is 4.59. The van der Waals surface area contributed by atoms with Gasteiger partial charge in [0.25, 0.3) is 0 Å². The Kier molecular flexibility index (Phi) is 5.42. The van der Waals surface area contributed by atoms with Crippen LogP contribution in [0, 0.1) is 5.82 Å². The van der Waals surface area contributed by atoms with Crippen molar-refractivity contribution < 1.29 is 4.39 Å². The number of anilines is 2. The molecule has 2 rings (SSSR count). The van der Waals surface area contributed by atoms with E-state index < -0.39 is 0 Å². The molecule has 20 heavy (non-hydrogen) atoms. The number of para-hydroxylation sites is 2. The second kappa shape index (κ2) is 7.53. The third kappa shape index (κ3) is 3.98. The molecular formula is C17H21FN2. The van der Waals surface area contributed by atoms with Gasteiger partial charge in [0.1, 0.15) is 5.82 Å². The Balaban J connectivity index is 1.81. The zero-order chi connectivity index (χ0) is 14.2. The second-order valence-corrected chi connectivity index (χ2v) is 4.68. The molecule has 0 aliphatic carbocycles. The predicted octanol–water partition coefficient (Wildman–Crippen LogP) is 4.15. The van der Waals surface area contributed by atoms with E-state index in [4.69, 9.17) is 0 Å². The highest BCUT2D eigenvalue weighted by atomic mass is 19.1. The fraction of sp³-hybridized carbons (Fsp3) is 0.294. The third-order valence-electron chi connectivity index (χ3n) is 3.28. The Labute approximate surface area is 120 Å². The van der Waals surface area contributed by atoms with E-state index in [0.717, 1.165) is 31.7 Å². The lowest BCUT2D eigenvalue weighted by Crippen LogP contribution is -2.26. The molecule has 3 heteroatoms. The Morgan fingerprint density at radius 2 is 1.70 bits per heavy atom. The van der Waals surface area contributed by atoms with Crippen molar-refractivity contribution in [1.82, 2.24) is 0 Å². The second-order valence-electron chi connectivity index (χ2n) is 4.68. The first kappa shape index (κ1) is 14.4. The van der Waals surface area contributed by atoms with Crippen molar-refractivity contribution in [1.29, 1.82) is 0 Å². The lowest BCUT2D eigenvalue weighted by atomic mass is 10.2. The molecule has 0 aliphatic heterocycles. The molecular weight excluding hydrogens is 251 g/mol. The van der Waals surface area contributed by atoms with Gasteiger partial charge in [-0.25, -0.2) is 4.39 Å². The topological polar surface area (TPSA) is 15.3 Å². The molecule has 0 aliphatic rings. The molecule has 2 nitrogen and oxygen atoms in total. The lowest BCUT2D eigenvalue weighted by Gasteiger charge is -2.23. The first-order chi connectivity index (χ1) is 9.81. The molecule has 0 amide bonds. The van der Waals surface area contributed by atoms with Crippen molar-refractivity contribution in [2.24, 2.45) is 0 Å². The van der Waals surface area contributed by atoms with Crippen LogP contribution in [0.4, 0.5) is 15.8 Å². The molecule has 0 atom stereocenters. The van der Waals surface area contributed by atoms with Gasteiger partial charge >= 0.3 is 0 Å². The average molecular weight is 272 g/mol. The van der Waals surface area contributed by atoms with Crippen LogP contribution in [0.25, 0.3) is 0 Å². The highest BCUT2D eigenvalue weighted by Gasteiger charge is 2.08. The van der Waals surface area contributed by atoms with E-state index in [1.165, 1.54) is 6.07 Å². The minimum Gasteiger partial charge on any atom is -0.385 e. The average Bonchev–Trinajstić information content (AvgIpc) is 2.50. The van der Waals surface area contributed by atoms with Crippen LogP contribution in [0.5, 0.6) is 0 Å². The maximum atomic E-state index is 13.7. The summed E-state index contributed by atoms with van der Waals surface area (Å²) >= 11 is 0. The molecule has 1 N–H and O–H groups in total. The van der Waals surface area contributed by atoms with Crippen molar-refractivity contribution in [2.75, 3.05) is 29.9 Å². The van der Waals surface area contributed by atoms with E-state index in [2.05, 4.69) is 29.3 Å². The van der Waals surface area contributed by atoms with Crippen LogP contribution in [0.2, 0.25) is 0 Å². The predicted molar refractivity (Wildman–Crippen MR) is 83.8 cm³/mol. The summed E-state index contributed by atoms with van der Waals surface area (Å²) in [5.74, 6) is -0.148. The van der Waals surface area contributed by atoms with Crippen LogP contribution in [0.1, 0.15) is 13.3 Å². The summed E-state index contributed by atoms with van der Waals surface area (Å²) in [6, 6.07) is 17.1. The van der Waals surface area contributed by atoms with Gasteiger partial charge in [0, 0.05) is 25.3 Å². The van der Waals surface area contributed by atoms with Gasteiger partial charge in [0.15, 0.2) is 0 Å². The molecule has 0 unspecified atom stereocenters. The van der Waals surface area contributed by atoms with Crippen LogP contribution >= 0.6 is 0 Å². The van der Waals surface area contributed by atoms with Crippen LogP contribution in [0.3, 0.4) is 0 Å². The summed E-state index contributed by atoms with van der Waals surface area (Å²) in [6.07, 6.45) is 0.969. The fourth-order valence-electron chi connectivity index (χ4n) is 2.22. The standard InChI is InChI=1S/C17H21FN2/c1-2-20(17-12-7-6-11-16(17)18)14-8-13-19-15-9-4-3-5-10-15/h3-7,9-12,19H,2,8,13-14H2,1H3. The summed E-state index contributed by atoms with van der Waals surface area (Å²) in [5.41, 5.74) is 1.82. The number of hydrogen-bond donors (Lipinski definition) is 1. The Hall–Kier alpha value is -2.03. The van der Waals surface area contributed by atoms with Crippen molar-refractivity contribution in [3.8, 4) is 0 Å². The molecule has 0 spiro atoms. The molecule has 0 saturated carbocycles.